The lowest BCUT2D eigenvalue weighted by Crippen LogP contribution is -2.28. The molecule has 0 aliphatic heterocycles. The third-order valence-electron chi connectivity index (χ3n) is 3.36. The Hall–Kier alpha value is -2.29. The maximum atomic E-state index is 12.2. The lowest BCUT2D eigenvalue weighted by atomic mass is 10.1. The molecule has 2 N–H and O–H groups in total. The standard InChI is InChI=1S/C17H20N2O/c1-13-3-5-14(6-4-13)11-12-19(2)17(20)15-7-9-16(18)10-8-15/h3-10H,11-12,18H2,1-2H3. The molecule has 3 nitrogen and oxygen atoms in total. The Morgan fingerprint density at radius 2 is 1.65 bits per heavy atom. The van der Waals surface area contributed by atoms with Gasteiger partial charge in [0.25, 0.3) is 5.91 Å². The van der Waals surface area contributed by atoms with E-state index >= 15 is 0 Å². The molecule has 0 aliphatic carbocycles. The van der Waals surface area contributed by atoms with Crippen LogP contribution in [-0.2, 0) is 6.42 Å². The number of rotatable bonds is 4. The van der Waals surface area contributed by atoms with Gasteiger partial charge in [0.1, 0.15) is 0 Å². The highest BCUT2D eigenvalue weighted by Gasteiger charge is 2.11. The number of likely N-dealkylation sites (N-methyl/N-ethyl adjacent to an activating group) is 1. The molecule has 0 saturated heterocycles. The van der Waals surface area contributed by atoms with Crippen molar-refractivity contribution in [1.82, 2.24) is 4.90 Å². The summed E-state index contributed by atoms with van der Waals surface area (Å²) in [7, 11) is 1.83. The maximum absolute atomic E-state index is 12.2. The zero-order valence-electron chi connectivity index (χ0n) is 12.0. The van der Waals surface area contributed by atoms with Gasteiger partial charge in [-0.3, -0.25) is 4.79 Å². The van der Waals surface area contributed by atoms with Crippen molar-refractivity contribution >= 4 is 11.6 Å². The number of hydrogen-bond acceptors (Lipinski definition) is 2. The van der Waals surface area contributed by atoms with Crippen LogP contribution in [0.25, 0.3) is 0 Å². The summed E-state index contributed by atoms with van der Waals surface area (Å²) in [6.07, 6.45) is 0.859. The summed E-state index contributed by atoms with van der Waals surface area (Å²) in [5.74, 6) is 0.0251. The maximum Gasteiger partial charge on any atom is 0.253 e. The van der Waals surface area contributed by atoms with Gasteiger partial charge in [0, 0.05) is 24.8 Å². The van der Waals surface area contributed by atoms with Crippen molar-refractivity contribution in [1.29, 1.82) is 0 Å². The zero-order chi connectivity index (χ0) is 14.5. The van der Waals surface area contributed by atoms with E-state index in [9.17, 15) is 4.79 Å². The van der Waals surface area contributed by atoms with E-state index in [2.05, 4.69) is 31.2 Å². The predicted molar refractivity (Wildman–Crippen MR) is 82.7 cm³/mol. The number of nitrogens with zero attached hydrogens (tertiary/aromatic N) is 1. The number of amides is 1. The highest BCUT2D eigenvalue weighted by molar-refractivity contribution is 5.94. The molecule has 0 radical (unpaired) electrons. The summed E-state index contributed by atoms with van der Waals surface area (Å²) in [6, 6.07) is 15.4. The molecule has 1 amide bonds. The van der Waals surface area contributed by atoms with E-state index in [1.54, 1.807) is 29.2 Å². The van der Waals surface area contributed by atoms with E-state index < -0.39 is 0 Å². The van der Waals surface area contributed by atoms with Crippen LogP contribution in [0.1, 0.15) is 21.5 Å². The van der Waals surface area contributed by atoms with E-state index in [0.717, 1.165) is 6.42 Å². The van der Waals surface area contributed by atoms with E-state index in [1.165, 1.54) is 11.1 Å². The average Bonchev–Trinajstić information content (AvgIpc) is 2.46. The highest BCUT2D eigenvalue weighted by atomic mass is 16.2. The van der Waals surface area contributed by atoms with Crippen LogP contribution in [-0.4, -0.2) is 24.4 Å². The van der Waals surface area contributed by atoms with Crippen molar-refractivity contribution in [2.45, 2.75) is 13.3 Å². The number of hydrogen-bond donors (Lipinski definition) is 1. The average molecular weight is 268 g/mol. The van der Waals surface area contributed by atoms with Gasteiger partial charge in [-0.2, -0.15) is 0 Å². The minimum atomic E-state index is 0.0251. The van der Waals surface area contributed by atoms with Crippen LogP contribution >= 0.6 is 0 Å². The summed E-state index contributed by atoms with van der Waals surface area (Å²) >= 11 is 0. The largest absolute Gasteiger partial charge is 0.399 e. The summed E-state index contributed by atoms with van der Waals surface area (Å²) in [6.45, 7) is 2.77. The van der Waals surface area contributed by atoms with E-state index in [1.807, 2.05) is 7.05 Å². The van der Waals surface area contributed by atoms with Gasteiger partial charge in [0.2, 0.25) is 0 Å². The summed E-state index contributed by atoms with van der Waals surface area (Å²) in [5.41, 5.74) is 9.46. The molecule has 0 fully saturated rings. The van der Waals surface area contributed by atoms with E-state index in [-0.39, 0.29) is 5.91 Å². The first-order chi connectivity index (χ1) is 9.56. The van der Waals surface area contributed by atoms with E-state index in [0.29, 0.717) is 17.8 Å². The number of aryl methyl sites for hydroxylation is 1. The van der Waals surface area contributed by atoms with E-state index in [4.69, 9.17) is 5.73 Å². The molecule has 0 unspecified atom stereocenters. The molecule has 2 aromatic rings. The molecule has 2 rings (SSSR count). The van der Waals surface area contributed by atoms with Crippen molar-refractivity contribution in [3.05, 3.63) is 65.2 Å². The molecule has 0 bridgehead atoms. The summed E-state index contributed by atoms with van der Waals surface area (Å²) in [5, 5.41) is 0. The van der Waals surface area contributed by atoms with Gasteiger partial charge >= 0.3 is 0 Å². The third-order valence-corrected chi connectivity index (χ3v) is 3.36. The molecule has 0 aromatic heterocycles. The van der Waals surface area contributed by atoms with Crippen molar-refractivity contribution in [3.8, 4) is 0 Å². The van der Waals surface area contributed by atoms with Crippen LogP contribution in [0.4, 0.5) is 5.69 Å². The Bertz CT molecular complexity index is 573. The molecule has 0 spiro atoms. The molecule has 0 saturated carbocycles. The molecule has 3 heteroatoms. The molecule has 0 aliphatic rings. The first-order valence-corrected chi connectivity index (χ1v) is 6.73. The molecule has 104 valence electrons. The highest BCUT2D eigenvalue weighted by Crippen LogP contribution is 2.09. The second-order valence-corrected chi connectivity index (χ2v) is 5.08. The smallest absolute Gasteiger partial charge is 0.253 e. The van der Waals surface area contributed by atoms with Crippen LogP contribution in [0.2, 0.25) is 0 Å². The number of nitrogens with two attached hydrogens (primary N) is 1. The summed E-state index contributed by atoms with van der Waals surface area (Å²) < 4.78 is 0. The fraction of sp³-hybridized carbons (Fsp3) is 0.235. The Morgan fingerprint density at radius 1 is 1.05 bits per heavy atom. The van der Waals surface area contributed by atoms with Crippen molar-refractivity contribution in [3.63, 3.8) is 0 Å². The quantitative estimate of drug-likeness (QED) is 0.867. The fourth-order valence-electron chi connectivity index (χ4n) is 2.00. The third kappa shape index (κ3) is 3.60. The lowest BCUT2D eigenvalue weighted by molar-refractivity contribution is 0.0796. The van der Waals surface area contributed by atoms with Crippen LogP contribution in [0.5, 0.6) is 0 Å². The molecular weight excluding hydrogens is 248 g/mol. The zero-order valence-corrected chi connectivity index (χ0v) is 12.0. The van der Waals surface area contributed by atoms with Crippen LogP contribution < -0.4 is 5.73 Å². The topological polar surface area (TPSA) is 46.3 Å². The molecule has 0 heterocycles. The Labute approximate surface area is 120 Å². The van der Waals surface area contributed by atoms with Crippen LogP contribution in [0.3, 0.4) is 0 Å². The van der Waals surface area contributed by atoms with Gasteiger partial charge in [-0.05, 0) is 43.2 Å². The van der Waals surface area contributed by atoms with Crippen LogP contribution in [0, 0.1) is 6.92 Å². The number of nitrogen functional groups attached to an aromatic ring is 1. The van der Waals surface area contributed by atoms with Gasteiger partial charge in [-0.25, -0.2) is 0 Å². The lowest BCUT2D eigenvalue weighted by Gasteiger charge is -2.17. The van der Waals surface area contributed by atoms with Gasteiger partial charge in [0.05, 0.1) is 0 Å². The SMILES string of the molecule is Cc1ccc(CCN(C)C(=O)c2ccc(N)cc2)cc1. The van der Waals surface area contributed by atoms with Gasteiger partial charge in [-0.1, -0.05) is 29.8 Å². The predicted octanol–water partition coefficient (Wildman–Crippen LogP) is 2.89. The Kier molecular flexibility index (Phi) is 4.41. The first kappa shape index (κ1) is 14.1. The number of anilines is 1. The van der Waals surface area contributed by atoms with Crippen molar-refractivity contribution < 1.29 is 4.79 Å². The second-order valence-electron chi connectivity index (χ2n) is 5.08. The second kappa shape index (κ2) is 6.24. The fourth-order valence-corrected chi connectivity index (χ4v) is 2.00. The van der Waals surface area contributed by atoms with Gasteiger partial charge < -0.3 is 10.6 Å². The normalized spacial score (nSPS) is 10.3. The Balaban J connectivity index is 1.94. The van der Waals surface area contributed by atoms with Gasteiger partial charge in [0.15, 0.2) is 0 Å². The van der Waals surface area contributed by atoms with Crippen molar-refractivity contribution in [2.24, 2.45) is 0 Å². The van der Waals surface area contributed by atoms with Gasteiger partial charge in [-0.15, -0.1) is 0 Å². The molecular formula is C17H20N2O. The number of benzene rings is 2. The number of carbonyl (C=O) groups is 1. The van der Waals surface area contributed by atoms with Crippen LogP contribution in [0.15, 0.2) is 48.5 Å². The minimum absolute atomic E-state index is 0.0251. The first-order valence-electron chi connectivity index (χ1n) is 6.73. The number of carbonyl (C=O) groups excluding carboxylic acids is 1. The Morgan fingerprint density at radius 3 is 2.25 bits per heavy atom. The molecule has 20 heavy (non-hydrogen) atoms. The molecule has 0 atom stereocenters. The molecule has 2 aromatic carbocycles. The summed E-state index contributed by atoms with van der Waals surface area (Å²) in [4.78, 5) is 14.0. The van der Waals surface area contributed by atoms with Crippen molar-refractivity contribution in [2.75, 3.05) is 19.3 Å². The monoisotopic (exact) mass is 268 g/mol. The minimum Gasteiger partial charge on any atom is -0.399 e.